The molecule has 84 valence electrons. The molecule has 0 heterocycles. The van der Waals surface area contributed by atoms with Crippen molar-refractivity contribution in [2.45, 2.75) is 55.5 Å². The quantitative estimate of drug-likeness (QED) is 0.534. The van der Waals surface area contributed by atoms with Gasteiger partial charge in [-0.2, -0.15) is 0 Å². The van der Waals surface area contributed by atoms with Gasteiger partial charge < -0.3 is 10.2 Å². The standard InChI is InChI=1S/C8H15IO.C2H4O2/c9-7-5-3-1-2-4-6-8(7)10;1-2(3)4/h7-8,10H,1-6H2;1H3,(H,3,4)/t7-,8-;/m1./s1. The zero-order valence-electron chi connectivity index (χ0n) is 8.58. The summed E-state index contributed by atoms with van der Waals surface area (Å²) in [5, 5.41) is 16.9. The number of aliphatic carboxylic acids is 1. The van der Waals surface area contributed by atoms with Gasteiger partial charge in [0.05, 0.1) is 6.10 Å². The summed E-state index contributed by atoms with van der Waals surface area (Å²) in [6, 6.07) is 0. The van der Waals surface area contributed by atoms with Crippen LogP contribution in [-0.4, -0.2) is 26.2 Å². The monoisotopic (exact) mass is 314 g/mol. The molecule has 0 bridgehead atoms. The summed E-state index contributed by atoms with van der Waals surface area (Å²) in [7, 11) is 0. The van der Waals surface area contributed by atoms with E-state index in [0.717, 1.165) is 13.3 Å². The van der Waals surface area contributed by atoms with Crippen molar-refractivity contribution in [1.29, 1.82) is 0 Å². The van der Waals surface area contributed by atoms with Crippen LogP contribution >= 0.6 is 22.6 Å². The fourth-order valence-corrected chi connectivity index (χ4v) is 2.22. The van der Waals surface area contributed by atoms with Crippen molar-refractivity contribution in [3.63, 3.8) is 0 Å². The van der Waals surface area contributed by atoms with Crippen LogP contribution in [0.4, 0.5) is 0 Å². The van der Waals surface area contributed by atoms with Crippen LogP contribution in [0.15, 0.2) is 0 Å². The van der Waals surface area contributed by atoms with Gasteiger partial charge in [-0.15, -0.1) is 0 Å². The second kappa shape index (κ2) is 8.47. The molecule has 2 atom stereocenters. The maximum Gasteiger partial charge on any atom is 0.300 e. The first-order chi connectivity index (χ1) is 6.54. The number of rotatable bonds is 0. The number of aliphatic hydroxyl groups excluding tert-OH is 1. The van der Waals surface area contributed by atoms with Gasteiger partial charge in [0.1, 0.15) is 0 Å². The Morgan fingerprint density at radius 3 is 2.14 bits per heavy atom. The van der Waals surface area contributed by atoms with E-state index in [-0.39, 0.29) is 6.10 Å². The predicted molar refractivity (Wildman–Crippen MR) is 64.8 cm³/mol. The molecule has 0 spiro atoms. The minimum absolute atomic E-state index is 0.0269. The summed E-state index contributed by atoms with van der Waals surface area (Å²) < 4.78 is 0.512. The second-order valence-corrected chi connectivity index (χ2v) is 5.19. The molecule has 4 heteroatoms. The van der Waals surface area contributed by atoms with E-state index < -0.39 is 5.97 Å². The van der Waals surface area contributed by atoms with E-state index in [1.165, 1.54) is 32.1 Å². The van der Waals surface area contributed by atoms with Crippen molar-refractivity contribution in [3.8, 4) is 0 Å². The molecule has 0 unspecified atom stereocenters. The number of hydrogen-bond acceptors (Lipinski definition) is 2. The van der Waals surface area contributed by atoms with Gasteiger partial charge in [0, 0.05) is 10.8 Å². The van der Waals surface area contributed by atoms with Crippen LogP contribution in [0.1, 0.15) is 45.4 Å². The summed E-state index contributed by atoms with van der Waals surface area (Å²) in [5.74, 6) is -0.833. The Morgan fingerprint density at radius 2 is 1.64 bits per heavy atom. The van der Waals surface area contributed by atoms with E-state index in [2.05, 4.69) is 22.6 Å². The minimum atomic E-state index is -0.833. The molecule has 0 amide bonds. The van der Waals surface area contributed by atoms with Gasteiger partial charge in [-0.05, 0) is 12.8 Å². The summed E-state index contributed by atoms with van der Waals surface area (Å²) in [5.41, 5.74) is 0. The van der Waals surface area contributed by atoms with Crippen LogP contribution < -0.4 is 0 Å². The Morgan fingerprint density at radius 1 is 1.21 bits per heavy atom. The van der Waals surface area contributed by atoms with Gasteiger partial charge in [-0.1, -0.05) is 48.3 Å². The van der Waals surface area contributed by atoms with Gasteiger partial charge >= 0.3 is 0 Å². The van der Waals surface area contributed by atoms with Crippen molar-refractivity contribution in [1.82, 2.24) is 0 Å². The Hall–Kier alpha value is 0.160. The van der Waals surface area contributed by atoms with Gasteiger partial charge in [0.25, 0.3) is 5.97 Å². The lowest BCUT2D eigenvalue weighted by Gasteiger charge is -2.19. The fraction of sp³-hybridized carbons (Fsp3) is 0.900. The lowest BCUT2D eigenvalue weighted by Crippen LogP contribution is -2.21. The van der Waals surface area contributed by atoms with Crippen LogP contribution in [0.3, 0.4) is 0 Å². The number of aliphatic hydroxyl groups is 1. The summed E-state index contributed by atoms with van der Waals surface area (Å²) in [4.78, 5) is 9.00. The van der Waals surface area contributed by atoms with E-state index in [1.54, 1.807) is 0 Å². The normalized spacial score (nSPS) is 27.9. The van der Waals surface area contributed by atoms with Crippen molar-refractivity contribution < 1.29 is 15.0 Å². The van der Waals surface area contributed by atoms with Gasteiger partial charge in [-0.25, -0.2) is 0 Å². The number of halogens is 1. The van der Waals surface area contributed by atoms with Crippen LogP contribution in [0, 0.1) is 0 Å². The molecule has 1 rings (SSSR count). The number of alkyl halides is 1. The van der Waals surface area contributed by atoms with Crippen LogP contribution in [-0.2, 0) is 4.79 Å². The summed E-state index contributed by atoms with van der Waals surface area (Å²) in [6.45, 7) is 1.08. The van der Waals surface area contributed by atoms with Crippen LogP contribution in [0.2, 0.25) is 0 Å². The van der Waals surface area contributed by atoms with Gasteiger partial charge in [-0.3, -0.25) is 4.79 Å². The molecule has 3 nitrogen and oxygen atoms in total. The number of carboxylic acids is 1. The third kappa shape index (κ3) is 8.74. The molecule has 1 aliphatic carbocycles. The predicted octanol–water partition coefficient (Wildman–Crippen LogP) is 2.60. The van der Waals surface area contributed by atoms with E-state index >= 15 is 0 Å². The summed E-state index contributed by atoms with van der Waals surface area (Å²) in [6.07, 6.45) is 7.42. The van der Waals surface area contributed by atoms with E-state index in [4.69, 9.17) is 9.90 Å². The lowest BCUT2D eigenvalue weighted by molar-refractivity contribution is -0.134. The highest BCUT2D eigenvalue weighted by Gasteiger charge is 2.16. The molecule has 1 aliphatic rings. The molecule has 0 aromatic rings. The van der Waals surface area contributed by atoms with Crippen molar-refractivity contribution in [3.05, 3.63) is 0 Å². The molecular weight excluding hydrogens is 295 g/mol. The average molecular weight is 314 g/mol. The highest BCUT2D eigenvalue weighted by molar-refractivity contribution is 14.1. The van der Waals surface area contributed by atoms with E-state index in [0.29, 0.717) is 3.92 Å². The van der Waals surface area contributed by atoms with Crippen LogP contribution in [0.5, 0.6) is 0 Å². The Bertz CT molecular complexity index is 145. The van der Waals surface area contributed by atoms with Crippen molar-refractivity contribution >= 4 is 28.6 Å². The molecular formula is C10H19IO3. The van der Waals surface area contributed by atoms with E-state index in [1.807, 2.05) is 0 Å². The molecule has 2 N–H and O–H groups in total. The molecule has 1 saturated carbocycles. The van der Waals surface area contributed by atoms with Crippen molar-refractivity contribution in [2.75, 3.05) is 0 Å². The zero-order chi connectivity index (χ0) is 11.0. The fourth-order valence-electron chi connectivity index (χ4n) is 1.42. The third-order valence-electron chi connectivity index (χ3n) is 2.15. The minimum Gasteiger partial charge on any atom is -0.481 e. The number of hydrogen-bond donors (Lipinski definition) is 2. The highest BCUT2D eigenvalue weighted by Crippen LogP contribution is 2.22. The Labute approximate surface area is 99.0 Å². The molecule has 0 saturated heterocycles. The Balaban J connectivity index is 0.000000364. The maximum absolute atomic E-state index is 9.48. The van der Waals surface area contributed by atoms with Gasteiger partial charge in [0.2, 0.25) is 0 Å². The smallest absolute Gasteiger partial charge is 0.300 e. The van der Waals surface area contributed by atoms with Crippen molar-refractivity contribution in [2.24, 2.45) is 0 Å². The number of carboxylic acid groups (broad SMARTS) is 1. The molecule has 0 radical (unpaired) electrons. The first-order valence-corrected chi connectivity index (χ1v) is 6.30. The second-order valence-electron chi connectivity index (χ2n) is 3.59. The highest BCUT2D eigenvalue weighted by atomic mass is 127. The third-order valence-corrected chi connectivity index (χ3v) is 3.60. The lowest BCUT2D eigenvalue weighted by atomic mass is 9.99. The van der Waals surface area contributed by atoms with Gasteiger partial charge in [0.15, 0.2) is 0 Å². The van der Waals surface area contributed by atoms with Crippen LogP contribution in [0.25, 0.3) is 0 Å². The number of carbonyl (C=O) groups is 1. The van der Waals surface area contributed by atoms with E-state index in [9.17, 15) is 5.11 Å². The molecule has 0 aromatic carbocycles. The zero-order valence-corrected chi connectivity index (χ0v) is 10.7. The summed E-state index contributed by atoms with van der Waals surface area (Å²) >= 11 is 2.37. The maximum atomic E-state index is 9.48. The molecule has 1 fully saturated rings. The average Bonchev–Trinajstić information content (AvgIpc) is 2.06. The SMILES string of the molecule is CC(=O)O.O[C@@H]1CCCCCC[C@H]1I. The first-order valence-electron chi connectivity index (χ1n) is 5.05. The largest absolute Gasteiger partial charge is 0.481 e. The Kier molecular flexibility index (Phi) is 8.56. The molecule has 14 heavy (non-hydrogen) atoms. The molecule has 0 aliphatic heterocycles. The topological polar surface area (TPSA) is 57.5 Å². The molecule has 0 aromatic heterocycles. The first kappa shape index (κ1) is 14.2.